The van der Waals surface area contributed by atoms with Crippen molar-refractivity contribution in [3.8, 4) is 0 Å². The summed E-state index contributed by atoms with van der Waals surface area (Å²) in [5, 5.41) is 0.246. The Morgan fingerprint density at radius 3 is 2.50 bits per heavy atom. The highest BCUT2D eigenvalue weighted by molar-refractivity contribution is 6.32. The molecule has 0 spiro atoms. The van der Waals surface area contributed by atoms with Gasteiger partial charge in [0.25, 0.3) is 5.56 Å². The van der Waals surface area contributed by atoms with Crippen molar-refractivity contribution >= 4 is 23.9 Å². The van der Waals surface area contributed by atoms with E-state index < -0.39 is 5.97 Å². The van der Waals surface area contributed by atoms with E-state index in [0.29, 0.717) is 24.8 Å². The average Bonchev–Trinajstić information content (AvgIpc) is 2.55. The second kappa shape index (κ2) is 7.04. The predicted molar refractivity (Wildman–Crippen MR) is 82.6 cm³/mol. The van der Waals surface area contributed by atoms with Crippen LogP contribution in [0.25, 0.3) is 0 Å². The molecule has 0 aliphatic carbocycles. The molecule has 0 amide bonds. The van der Waals surface area contributed by atoms with Gasteiger partial charge in [-0.1, -0.05) is 23.7 Å². The van der Waals surface area contributed by atoms with Gasteiger partial charge in [0.15, 0.2) is 6.29 Å². The van der Waals surface area contributed by atoms with Gasteiger partial charge in [-0.2, -0.15) is 0 Å². The molecule has 0 saturated carbocycles. The molecule has 0 aliphatic rings. The minimum atomic E-state index is -0.402. The van der Waals surface area contributed by atoms with Crippen LogP contribution in [0.3, 0.4) is 0 Å². The molecule has 0 bridgehead atoms. The highest BCUT2D eigenvalue weighted by atomic mass is 35.5. The summed E-state index contributed by atoms with van der Waals surface area (Å²) in [5.74, 6) is -0.402. The third-order valence-electron chi connectivity index (χ3n) is 3.28. The number of methoxy groups -OCH3 is 1. The molecule has 22 heavy (non-hydrogen) atoms. The van der Waals surface area contributed by atoms with Crippen molar-refractivity contribution in [3.63, 3.8) is 0 Å². The van der Waals surface area contributed by atoms with Crippen molar-refractivity contribution < 1.29 is 14.3 Å². The Bertz CT molecular complexity index is 750. The number of ether oxygens (including phenoxy) is 1. The van der Waals surface area contributed by atoms with Gasteiger partial charge in [-0.05, 0) is 30.2 Å². The average molecular weight is 320 g/mol. The summed E-state index contributed by atoms with van der Waals surface area (Å²) >= 11 is 5.91. The van der Waals surface area contributed by atoms with Gasteiger partial charge in [0.05, 0.1) is 17.7 Å². The summed E-state index contributed by atoms with van der Waals surface area (Å²) in [5.41, 5.74) is 1.27. The maximum atomic E-state index is 11.8. The Balaban J connectivity index is 2.17. The fourth-order valence-electron chi connectivity index (χ4n) is 2.08. The third kappa shape index (κ3) is 3.43. The number of esters is 1. The Hall–Kier alpha value is -2.40. The van der Waals surface area contributed by atoms with Crippen LogP contribution in [-0.4, -0.2) is 23.9 Å². The standard InChI is InChI=1S/C16H14ClNO4/c1-22-16(21)12-4-2-11(3-5-12)8-9-18-14(10-19)13(17)6-7-15(18)20/h2-7,10H,8-9H2,1H3. The van der Waals surface area contributed by atoms with E-state index >= 15 is 0 Å². The first-order valence-electron chi connectivity index (χ1n) is 6.58. The molecule has 1 heterocycles. The molecule has 2 aromatic rings. The highest BCUT2D eigenvalue weighted by Gasteiger charge is 2.09. The number of aryl methyl sites for hydroxylation is 1. The summed E-state index contributed by atoms with van der Waals surface area (Å²) < 4.78 is 5.96. The fraction of sp³-hybridized carbons (Fsp3) is 0.188. The second-order valence-corrected chi connectivity index (χ2v) is 5.02. The van der Waals surface area contributed by atoms with Crippen LogP contribution in [0, 0.1) is 0 Å². The molecule has 6 heteroatoms. The smallest absolute Gasteiger partial charge is 0.337 e. The number of aldehydes is 1. The lowest BCUT2D eigenvalue weighted by atomic mass is 10.1. The molecule has 0 N–H and O–H groups in total. The zero-order valence-electron chi connectivity index (χ0n) is 11.9. The van der Waals surface area contributed by atoms with Crippen LogP contribution >= 0.6 is 11.6 Å². The number of rotatable bonds is 5. The minimum Gasteiger partial charge on any atom is -0.465 e. The number of pyridine rings is 1. The van der Waals surface area contributed by atoms with Crippen molar-refractivity contribution in [1.82, 2.24) is 4.57 Å². The molecule has 0 unspecified atom stereocenters. The SMILES string of the molecule is COC(=O)c1ccc(CCn2c(C=O)c(Cl)ccc2=O)cc1. The summed E-state index contributed by atoms with van der Waals surface area (Å²) in [6.45, 7) is 0.324. The molecular formula is C16H14ClNO4. The summed E-state index contributed by atoms with van der Waals surface area (Å²) in [6, 6.07) is 9.61. The number of nitrogens with zero attached hydrogens (tertiary/aromatic N) is 1. The minimum absolute atomic E-state index is 0.167. The Labute approximate surface area is 132 Å². The van der Waals surface area contributed by atoms with E-state index in [0.717, 1.165) is 5.56 Å². The van der Waals surface area contributed by atoms with Gasteiger partial charge in [-0.15, -0.1) is 0 Å². The molecular weight excluding hydrogens is 306 g/mol. The monoisotopic (exact) mass is 319 g/mol. The van der Waals surface area contributed by atoms with Crippen LogP contribution in [0.5, 0.6) is 0 Å². The number of benzene rings is 1. The van der Waals surface area contributed by atoms with E-state index in [1.807, 2.05) is 0 Å². The molecule has 5 nitrogen and oxygen atoms in total. The van der Waals surface area contributed by atoms with Crippen molar-refractivity contribution in [2.45, 2.75) is 13.0 Å². The number of carbonyl (C=O) groups excluding carboxylic acids is 2. The lowest BCUT2D eigenvalue weighted by Gasteiger charge is -2.10. The zero-order valence-corrected chi connectivity index (χ0v) is 12.7. The lowest BCUT2D eigenvalue weighted by molar-refractivity contribution is 0.0600. The first kappa shape index (κ1) is 16.0. The van der Waals surface area contributed by atoms with Crippen molar-refractivity contribution in [2.24, 2.45) is 0 Å². The molecule has 0 atom stereocenters. The second-order valence-electron chi connectivity index (χ2n) is 4.61. The van der Waals surface area contributed by atoms with Crippen molar-refractivity contribution in [3.05, 3.63) is 68.6 Å². The van der Waals surface area contributed by atoms with Crippen LogP contribution < -0.4 is 5.56 Å². The van der Waals surface area contributed by atoms with Gasteiger partial charge in [-0.25, -0.2) is 4.79 Å². The van der Waals surface area contributed by atoms with Gasteiger partial charge in [0.1, 0.15) is 5.69 Å². The number of aromatic nitrogens is 1. The Kier molecular flexibility index (Phi) is 5.12. The predicted octanol–water partition coefficient (Wildman–Crippen LogP) is 2.34. The third-order valence-corrected chi connectivity index (χ3v) is 3.60. The van der Waals surface area contributed by atoms with Crippen LogP contribution in [-0.2, 0) is 17.7 Å². The number of hydrogen-bond donors (Lipinski definition) is 0. The zero-order chi connectivity index (χ0) is 16.1. The van der Waals surface area contributed by atoms with Crippen LogP contribution in [0.2, 0.25) is 5.02 Å². The summed E-state index contributed by atoms with van der Waals surface area (Å²) in [6.07, 6.45) is 1.10. The van der Waals surface area contributed by atoms with Crippen LogP contribution in [0.4, 0.5) is 0 Å². The number of hydrogen-bond acceptors (Lipinski definition) is 4. The quantitative estimate of drug-likeness (QED) is 0.627. The molecule has 0 aliphatic heterocycles. The van der Waals surface area contributed by atoms with E-state index in [1.165, 1.54) is 23.8 Å². The highest BCUT2D eigenvalue weighted by Crippen LogP contribution is 2.12. The van der Waals surface area contributed by atoms with E-state index in [2.05, 4.69) is 4.74 Å². The number of carbonyl (C=O) groups is 2. The molecule has 1 aromatic heterocycles. The molecule has 114 valence electrons. The molecule has 0 saturated heterocycles. The van der Waals surface area contributed by atoms with E-state index in [4.69, 9.17) is 11.6 Å². The first-order chi connectivity index (χ1) is 10.6. The van der Waals surface area contributed by atoms with Crippen molar-refractivity contribution in [2.75, 3.05) is 7.11 Å². The molecule has 0 fully saturated rings. The van der Waals surface area contributed by atoms with Gasteiger partial charge in [0, 0.05) is 12.6 Å². The molecule has 0 radical (unpaired) electrons. The van der Waals surface area contributed by atoms with Gasteiger partial charge in [0.2, 0.25) is 0 Å². The number of halogens is 1. The van der Waals surface area contributed by atoms with Crippen LogP contribution in [0.1, 0.15) is 26.4 Å². The van der Waals surface area contributed by atoms with Gasteiger partial charge < -0.3 is 9.30 Å². The van der Waals surface area contributed by atoms with E-state index in [-0.39, 0.29) is 16.3 Å². The summed E-state index contributed by atoms with van der Waals surface area (Å²) in [4.78, 5) is 34.3. The van der Waals surface area contributed by atoms with Crippen molar-refractivity contribution in [1.29, 1.82) is 0 Å². The Morgan fingerprint density at radius 1 is 1.23 bits per heavy atom. The largest absolute Gasteiger partial charge is 0.465 e. The summed E-state index contributed by atoms with van der Waals surface area (Å²) in [7, 11) is 1.32. The molecule has 2 rings (SSSR count). The first-order valence-corrected chi connectivity index (χ1v) is 6.96. The van der Waals surface area contributed by atoms with Gasteiger partial charge >= 0.3 is 5.97 Å². The normalized spacial score (nSPS) is 10.3. The van der Waals surface area contributed by atoms with E-state index in [1.54, 1.807) is 24.3 Å². The van der Waals surface area contributed by atoms with Gasteiger partial charge in [-0.3, -0.25) is 9.59 Å². The maximum absolute atomic E-state index is 11.8. The van der Waals surface area contributed by atoms with E-state index in [9.17, 15) is 14.4 Å². The maximum Gasteiger partial charge on any atom is 0.337 e. The lowest BCUT2D eigenvalue weighted by Crippen LogP contribution is -2.23. The fourth-order valence-corrected chi connectivity index (χ4v) is 2.29. The van der Waals surface area contributed by atoms with Crippen LogP contribution in [0.15, 0.2) is 41.2 Å². The molecule has 1 aromatic carbocycles. The topological polar surface area (TPSA) is 65.4 Å². The Morgan fingerprint density at radius 2 is 1.91 bits per heavy atom.